The molecule has 2 aliphatic rings. The fourth-order valence-electron chi connectivity index (χ4n) is 8.63. The Morgan fingerprint density at radius 3 is 0.767 bits per heavy atom. The second-order valence-corrected chi connectivity index (χ2v) is 17.6. The van der Waals surface area contributed by atoms with E-state index in [1.54, 1.807) is 0 Å². The van der Waals surface area contributed by atoms with E-state index in [9.17, 15) is 0 Å². The van der Waals surface area contributed by atoms with Gasteiger partial charge >= 0.3 is 0 Å². The van der Waals surface area contributed by atoms with Crippen LogP contribution in [0.1, 0.15) is 124 Å². The summed E-state index contributed by atoms with van der Waals surface area (Å²) in [6.07, 6.45) is 8.77. The molecule has 5 heterocycles. The Balaban J connectivity index is 1.47. The van der Waals surface area contributed by atoms with Crippen LogP contribution in [0.5, 0.6) is 0 Å². The molecular formula is C56H54N4. The lowest BCUT2D eigenvalue weighted by molar-refractivity contribution is 0.867. The van der Waals surface area contributed by atoms with Crippen LogP contribution in [0.25, 0.3) is 90.9 Å². The Kier molecular flexibility index (Phi) is 10.3. The van der Waals surface area contributed by atoms with E-state index in [0.29, 0.717) is 23.7 Å². The van der Waals surface area contributed by atoms with Crippen LogP contribution in [-0.4, -0.2) is 19.9 Å². The van der Waals surface area contributed by atoms with Gasteiger partial charge in [-0.1, -0.05) is 152 Å². The highest BCUT2D eigenvalue weighted by molar-refractivity contribution is 6.00. The molecular weight excluding hydrogens is 729 g/mol. The lowest BCUT2D eigenvalue weighted by Crippen LogP contribution is -1.93. The summed E-state index contributed by atoms with van der Waals surface area (Å²) < 4.78 is 0. The van der Waals surface area contributed by atoms with E-state index in [4.69, 9.17) is 9.97 Å². The van der Waals surface area contributed by atoms with E-state index in [0.717, 1.165) is 89.4 Å². The average Bonchev–Trinajstić information content (AvgIpc) is 4.09. The van der Waals surface area contributed by atoms with E-state index >= 15 is 0 Å². The van der Waals surface area contributed by atoms with Crippen LogP contribution in [0.15, 0.2) is 121 Å². The quantitative estimate of drug-likeness (QED) is 0.161. The molecule has 2 aliphatic heterocycles. The van der Waals surface area contributed by atoms with Gasteiger partial charge in [-0.15, -0.1) is 0 Å². The second kappa shape index (κ2) is 15.9. The van der Waals surface area contributed by atoms with Gasteiger partial charge in [0.05, 0.1) is 22.8 Å². The molecule has 2 N–H and O–H groups in total. The molecule has 0 unspecified atom stereocenters. The van der Waals surface area contributed by atoms with Gasteiger partial charge in [0.15, 0.2) is 0 Å². The summed E-state index contributed by atoms with van der Waals surface area (Å²) in [5.41, 5.74) is 21.7. The van der Waals surface area contributed by atoms with E-state index in [2.05, 4.69) is 211 Å². The lowest BCUT2D eigenvalue weighted by atomic mass is 9.96. The van der Waals surface area contributed by atoms with Gasteiger partial charge in [0, 0.05) is 44.3 Å². The Morgan fingerprint density at radius 1 is 0.317 bits per heavy atom. The smallest absolute Gasteiger partial charge is 0.0737 e. The van der Waals surface area contributed by atoms with Crippen LogP contribution in [0.2, 0.25) is 0 Å². The zero-order valence-electron chi connectivity index (χ0n) is 36.1. The molecule has 4 heteroatoms. The molecule has 0 fully saturated rings. The number of fused-ring (bicyclic) bond motifs is 8. The van der Waals surface area contributed by atoms with E-state index in [1.165, 1.54) is 22.3 Å². The number of nitrogens with zero attached hydrogens (tertiary/aromatic N) is 2. The number of benzene rings is 4. The molecule has 8 bridgehead atoms. The summed E-state index contributed by atoms with van der Waals surface area (Å²) in [5, 5.41) is 0. The third-order valence-electron chi connectivity index (χ3n) is 12.1. The van der Waals surface area contributed by atoms with Crippen molar-refractivity contribution in [2.75, 3.05) is 0 Å². The maximum atomic E-state index is 5.56. The Hall–Kier alpha value is -6.52. The highest BCUT2D eigenvalue weighted by Gasteiger charge is 2.20. The fraction of sp³-hybridized carbons (Fsp3) is 0.214. The SMILES string of the molecule is CC(C)c1cccc(-c2c3nc(c(-c4cccc(C(C)C)c4)c4ccc([nH]4)c(-c4cccc(C(C)C)c4)c4nc(c(-c5cccc(C(C)C)c5)c5ccc2[nH]5)C=C4)C=C3)c1. The minimum Gasteiger partial charge on any atom is -0.354 e. The molecule has 7 aromatic rings. The van der Waals surface area contributed by atoms with Gasteiger partial charge in [0.2, 0.25) is 0 Å². The first-order valence-corrected chi connectivity index (χ1v) is 21.6. The van der Waals surface area contributed by atoms with E-state index in [1.807, 2.05) is 0 Å². The van der Waals surface area contributed by atoms with E-state index in [-0.39, 0.29) is 0 Å². The van der Waals surface area contributed by atoms with Crippen molar-refractivity contribution >= 4 is 46.4 Å². The average molecular weight is 783 g/mol. The standard InChI is InChI=1S/C56H54N4/c1-33(2)37-13-9-17-41(29-37)53-45-21-23-47(57-45)54(42-18-10-14-38(30-42)34(3)4)49-25-27-51(59-49)56(44-20-12-16-40(32-44)36(7)8)52-28-26-50(60-52)55(48-24-22-46(53)58-48)43-19-11-15-39(31-43)35(5)6/h9-36,57,60H,1-8H3. The number of rotatable bonds is 8. The highest BCUT2D eigenvalue weighted by Crippen LogP contribution is 2.40. The number of aromatic nitrogens is 4. The van der Waals surface area contributed by atoms with Crippen molar-refractivity contribution in [3.05, 3.63) is 166 Å². The second-order valence-electron chi connectivity index (χ2n) is 17.6. The zero-order valence-corrected chi connectivity index (χ0v) is 36.1. The Bertz CT molecular complexity index is 2600. The first kappa shape index (κ1) is 39.0. The molecule has 298 valence electrons. The number of H-pyrrole nitrogens is 2. The van der Waals surface area contributed by atoms with Crippen LogP contribution >= 0.6 is 0 Å². The first-order valence-electron chi connectivity index (χ1n) is 21.6. The maximum Gasteiger partial charge on any atom is 0.0737 e. The number of hydrogen-bond donors (Lipinski definition) is 2. The summed E-state index contributed by atoms with van der Waals surface area (Å²) in [6, 6.07) is 44.7. The normalized spacial score (nSPS) is 12.5. The molecule has 4 nitrogen and oxygen atoms in total. The lowest BCUT2D eigenvalue weighted by Gasteiger charge is -2.11. The number of aromatic amines is 2. The van der Waals surface area contributed by atoms with Crippen molar-refractivity contribution in [3.8, 4) is 44.5 Å². The summed E-state index contributed by atoms with van der Waals surface area (Å²) in [4.78, 5) is 19.0. The molecule has 9 rings (SSSR count). The summed E-state index contributed by atoms with van der Waals surface area (Å²) in [6.45, 7) is 18.0. The molecule has 0 saturated heterocycles. The van der Waals surface area contributed by atoms with Crippen molar-refractivity contribution in [1.29, 1.82) is 0 Å². The molecule has 0 atom stereocenters. The summed E-state index contributed by atoms with van der Waals surface area (Å²) >= 11 is 0. The van der Waals surface area contributed by atoms with Crippen molar-refractivity contribution in [3.63, 3.8) is 0 Å². The first-order chi connectivity index (χ1) is 29.0. The molecule has 0 amide bonds. The van der Waals surface area contributed by atoms with Gasteiger partial charge in [-0.2, -0.15) is 0 Å². The molecule has 4 aromatic carbocycles. The van der Waals surface area contributed by atoms with Crippen molar-refractivity contribution < 1.29 is 0 Å². The molecule has 0 spiro atoms. The Labute approximate surface area is 354 Å². The minimum absolute atomic E-state index is 0.384. The third-order valence-corrected chi connectivity index (χ3v) is 12.1. The summed E-state index contributed by atoms with van der Waals surface area (Å²) in [7, 11) is 0. The Morgan fingerprint density at radius 2 is 0.550 bits per heavy atom. The highest BCUT2D eigenvalue weighted by atomic mass is 14.8. The van der Waals surface area contributed by atoms with Crippen LogP contribution in [-0.2, 0) is 0 Å². The van der Waals surface area contributed by atoms with Gasteiger partial charge in [0.1, 0.15) is 0 Å². The van der Waals surface area contributed by atoms with Crippen LogP contribution in [0.3, 0.4) is 0 Å². The van der Waals surface area contributed by atoms with Crippen molar-refractivity contribution in [1.82, 2.24) is 19.9 Å². The van der Waals surface area contributed by atoms with Gasteiger partial charge in [0.25, 0.3) is 0 Å². The van der Waals surface area contributed by atoms with Crippen LogP contribution in [0, 0.1) is 0 Å². The van der Waals surface area contributed by atoms with Gasteiger partial charge in [-0.3, -0.25) is 0 Å². The van der Waals surface area contributed by atoms with Crippen LogP contribution < -0.4 is 0 Å². The minimum atomic E-state index is 0.384. The zero-order chi connectivity index (χ0) is 41.7. The summed E-state index contributed by atoms with van der Waals surface area (Å²) in [5.74, 6) is 1.54. The monoisotopic (exact) mass is 782 g/mol. The fourth-order valence-corrected chi connectivity index (χ4v) is 8.63. The van der Waals surface area contributed by atoms with E-state index < -0.39 is 0 Å². The van der Waals surface area contributed by atoms with Crippen molar-refractivity contribution in [2.45, 2.75) is 79.1 Å². The molecule has 0 saturated carbocycles. The van der Waals surface area contributed by atoms with Crippen molar-refractivity contribution in [2.24, 2.45) is 0 Å². The van der Waals surface area contributed by atoms with Crippen LogP contribution in [0.4, 0.5) is 0 Å². The molecule has 60 heavy (non-hydrogen) atoms. The maximum absolute atomic E-state index is 5.56. The topological polar surface area (TPSA) is 57.4 Å². The largest absolute Gasteiger partial charge is 0.354 e. The predicted octanol–water partition coefficient (Wildman–Crippen LogP) is 15.8. The van der Waals surface area contributed by atoms with Gasteiger partial charge in [-0.25, -0.2) is 9.97 Å². The molecule has 0 aliphatic carbocycles. The third kappa shape index (κ3) is 7.36. The molecule has 0 radical (unpaired) electrons. The van der Waals surface area contributed by atoms with Gasteiger partial charge < -0.3 is 9.97 Å². The van der Waals surface area contributed by atoms with Gasteiger partial charge in [-0.05, 0) is 117 Å². The predicted molar refractivity (Wildman–Crippen MR) is 257 cm³/mol. The number of nitrogens with one attached hydrogen (secondary N) is 2. The molecule has 3 aromatic heterocycles. The number of hydrogen-bond acceptors (Lipinski definition) is 2.